The highest BCUT2D eigenvalue weighted by Crippen LogP contribution is 2.22. The van der Waals surface area contributed by atoms with E-state index in [1.165, 1.54) is 4.31 Å². The van der Waals surface area contributed by atoms with Crippen molar-refractivity contribution >= 4 is 10.0 Å². The van der Waals surface area contributed by atoms with E-state index >= 15 is 0 Å². The number of aromatic nitrogens is 2. The van der Waals surface area contributed by atoms with Gasteiger partial charge < -0.3 is 10.0 Å². The summed E-state index contributed by atoms with van der Waals surface area (Å²) < 4.78 is 26.4. The maximum absolute atomic E-state index is 12.5. The van der Waals surface area contributed by atoms with Crippen molar-refractivity contribution in [3.63, 3.8) is 0 Å². The van der Waals surface area contributed by atoms with Crippen LogP contribution in [0.1, 0.15) is 24.1 Å². The lowest BCUT2D eigenvalue weighted by Crippen LogP contribution is -2.39. The number of hydrogen-bond donors (Lipinski definition) is 2. The number of aliphatic hydroxyl groups excluding tert-OH is 1. The molecule has 1 aliphatic heterocycles. The van der Waals surface area contributed by atoms with Gasteiger partial charge in [-0.2, -0.15) is 9.40 Å². The van der Waals surface area contributed by atoms with E-state index < -0.39 is 10.0 Å². The minimum absolute atomic E-state index is 0.0688. The summed E-state index contributed by atoms with van der Waals surface area (Å²) in [7, 11) is -0.0954. The van der Waals surface area contributed by atoms with Gasteiger partial charge in [0.25, 0.3) is 10.0 Å². The third kappa shape index (κ3) is 2.73. The smallest absolute Gasteiger partial charge is 0.262 e. The molecule has 2 heterocycles. The highest BCUT2D eigenvalue weighted by atomic mass is 32.2. The van der Waals surface area contributed by atoms with Crippen molar-refractivity contribution in [2.75, 3.05) is 27.2 Å². The van der Waals surface area contributed by atoms with Gasteiger partial charge in [0.15, 0.2) is 5.03 Å². The number of aryl methyl sites for hydroxylation is 1. The molecule has 114 valence electrons. The first kappa shape index (κ1) is 15.4. The molecule has 20 heavy (non-hydrogen) atoms. The molecule has 1 unspecified atom stereocenters. The van der Waals surface area contributed by atoms with Gasteiger partial charge in [-0.1, -0.05) is 0 Å². The molecule has 1 atom stereocenters. The van der Waals surface area contributed by atoms with Crippen molar-refractivity contribution in [3.05, 3.63) is 11.3 Å². The SMILES string of the molecule is Cc1[nH]nc(S(=O)(=O)N(C)CC2CCCN2C)c1CO. The number of likely N-dealkylation sites (tertiary alicyclic amines) is 1. The van der Waals surface area contributed by atoms with Crippen LogP contribution in [-0.4, -0.2) is 66.2 Å². The van der Waals surface area contributed by atoms with E-state index in [0.717, 1.165) is 19.4 Å². The summed E-state index contributed by atoms with van der Waals surface area (Å²) in [5.41, 5.74) is 0.925. The second-order valence-corrected chi connectivity index (χ2v) is 7.31. The molecule has 1 aromatic rings. The van der Waals surface area contributed by atoms with Crippen molar-refractivity contribution in [1.29, 1.82) is 0 Å². The normalized spacial score (nSPS) is 20.9. The Labute approximate surface area is 119 Å². The van der Waals surface area contributed by atoms with Crippen LogP contribution in [0.2, 0.25) is 0 Å². The average Bonchev–Trinajstić information content (AvgIpc) is 2.96. The van der Waals surface area contributed by atoms with Gasteiger partial charge in [-0.3, -0.25) is 5.10 Å². The number of aromatic amines is 1. The number of H-pyrrole nitrogens is 1. The van der Waals surface area contributed by atoms with E-state index in [4.69, 9.17) is 0 Å². The standard InChI is InChI=1S/C12H22N4O3S/c1-9-11(8-17)12(14-13-9)20(18,19)16(3)7-10-5-4-6-15(10)2/h10,17H,4-8H2,1-3H3,(H,13,14). The van der Waals surface area contributed by atoms with Crippen LogP contribution in [0.5, 0.6) is 0 Å². The summed E-state index contributed by atoms with van der Waals surface area (Å²) in [6, 6.07) is 0.243. The molecule has 0 saturated carbocycles. The van der Waals surface area contributed by atoms with E-state index in [2.05, 4.69) is 15.1 Å². The monoisotopic (exact) mass is 302 g/mol. The minimum atomic E-state index is -3.67. The predicted molar refractivity (Wildman–Crippen MR) is 74.7 cm³/mol. The molecule has 0 aromatic carbocycles. The quantitative estimate of drug-likeness (QED) is 0.794. The fraction of sp³-hybridized carbons (Fsp3) is 0.750. The van der Waals surface area contributed by atoms with E-state index in [9.17, 15) is 13.5 Å². The van der Waals surface area contributed by atoms with E-state index in [1.54, 1.807) is 14.0 Å². The maximum atomic E-state index is 12.5. The number of sulfonamides is 1. The van der Waals surface area contributed by atoms with Crippen LogP contribution >= 0.6 is 0 Å². The number of nitrogens with one attached hydrogen (secondary N) is 1. The van der Waals surface area contributed by atoms with E-state index in [1.807, 2.05) is 7.05 Å². The van der Waals surface area contributed by atoms with Crippen molar-refractivity contribution in [3.8, 4) is 0 Å². The second kappa shape index (κ2) is 5.80. The van der Waals surface area contributed by atoms with Gasteiger partial charge in [0.1, 0.15) is 0 Å². The highest BCUT2D eigenvalue weighted by Gasteiger charge is 2.31. The lowest BCUT2D eigenvalue weighted by atomic mass is 10.2. The van der Waals surface area contributed by atoms with Gasteiger partial charge in [0.05, 0.1) is 6.61 Å². The van der Waals surface area contributed by atoms with Gasteiger partial charge in [-0.05, 0) is 33.4 Å². The number of likely N-dealkylation sites (N-methyl/N-ethyl adjacent to an activating group) is 2. The molecule has 8 heteroatoms. The fourth-order valence-corrected chi connectivity index (χ4v) is 3.94. The minimum Gasteiger partial charge on any atom is -0.392 e. The molecule has 0 aliphatic carbocycles. The maximum Gasteiger partial charge on any atom is 0.262 e. The van der Waals surface area contributed by atoms with Crippen LogP contribution in [0, 0.1) is 6.92 Å². The molecular weight excluding hydrogens is 280 g/mol. The molecule has 1 aromatic heterocycles. The third-order valence-electron chi connectivity index (χ3n) is 3.99. The summed E-state index contributed by atoms with van der Waals surface area (Å²) in [4.78, 5) is 2.18. The van der Waals surface area contributed by atoms with Crippen LogP contribution in [0.25, 0.3) is 0 Å². The molecule has 1 fully saturated rings. The summed E-state index contributed by atoms with van der Waals surface area (Å²) in [5.74, 6) is 0. The molecule has 0 radical (unpaired) electrons. The van der Waals surface area contributed by atoms with Crippen LogP contribution < -0.4 is 0 Å². The van der Waals surface area contributed by atoms with Gasteiger partial charge >= 0.3 is 0 Å². The molecular formula is C12H22N4O3S. The highest BCUT2D eigenvalue weighted by molar-refractivity contribution is 7.89. The Morgan fingerprint density at radius 2 is 2.25 bits per heavy atom. The van der Waals surface area contributed by atoms with Crippen LogP contribution in [0.3, 0.4) is 0 Å². The van der Waals surface area contributed by atoms with Gasteiger partial charge in [-0.25, -0.2) is 8.42 Å². The van der Waals surface area contributed by atoms with Crippen molar-refractivity contribution < 1.29 is 13.5 Å². The first-order chi connectivity index (χ1) is 9.37. The Morgan fingerprint density at radius 3 is 2.80 bits per heavy atom. The Balaban J connectivity index is 2.21. The number of nitrogens with zero attached hydrogens (tertiary/aromatic N) is 3. The lowest BCUT2D eigenvalue weighted by molar-refractivity contribution is 0.268. The lowest BCUT2D eigenvalue weighted by Gasteiger charge is -2.25. The third-order valence-corrected chi connectivity index (χ3v) is 5.78. The second-order valence-electron chi connectivity index (χ2n) is 5.35. The summed E-state index contributed by atoms with van der Waals surface area (Å²) in [6.45, 7) is 2.80. The van der Waals surface area contributed by atoms with Crippen molar-refractivity contribution in [2.45, 2.75) is 37.4 Å². The molecule has 1 aliphatic rings. The first-order valence-corrected chi connectivity index (χ1v) is 8.13. The zero-order chi connectivity index (χ0) is 14.9. The van der Waals surface area contributed by atoms with E-state index in [0.29, 0.717) is 17.8 Å². The molecule has 7 nitrogen and oxygen atoms in total. The average molecular weight is 302 g/mol. The molecule has 1 saturated heterocycles. The van der Waals surface area contributed by atoms with Crippen molar-refractivity contribution in [2.24, 2.45) is 0 Å². The van der Waals surface area contributed by atoms with Crippen LogP contribution in [0.15, 0.2) is 5.03 Å². The zero-order valence-corrected chi connectivity index (χ0v) is 12.9. The number of hydrogen-bond acceptors (Lipinski definition) is 5. The van der Waals surface area contributed by atoms with Crippen molar-refractivity contribution in [1.82, 2.24) is 19.4 Å². The Morgan fingerprint density at radius 1 is 1.55 bits per heavy atom. The summed E-state index contributed by atoms with van der Waals surface area (Å²) >= 11 is 0. The first-order valence-electron chi connectivity index (χ1n) is 6.69. The van der Waals surface area contributed by atoms with Gasteiger partial charge in [-0.15, -0.1) is 0 Å². The van der Waals surface area contributed by atoms with Gasteiger partial charge in [0, 0.05) is 30.9 Å². The van der Waals surface area contributed by atoms with E-state index in [-0.39, 0.29) is 17.7 Å². The molecule has 2 rings (SSSR count). The fourth-order valence-electron chi connectivity index (χ4n) is 2.58. The number of aliphatic hydroxyl groups is 1. The summed E-state index contributed by atoms with van der Waals surface area (Å²) in [5, 5.41) is 15.7. The Hall–Kier alpha value is -0.960. The summed E-state index contributed by atoms with van der Waals surface area (Å²) in [6.07, 6.45) is 2.10. The number of rotatable bonds is 5. The van der Waals surface area contributed by atoms with Crippen LogP contribution in [0.4, 0.5) is 0 Å². The zero-order valence-electron chi connectivity index (χ0n) is 12.1. The van der Waals surface area contributed by atoms with Gasteiger partial charge in [0.2, 0.25) is 0 Å². The Kier molecular flexibility index (Phi) is 4.48. The molecule has 0 amide bonds. The predicted octanol–water partition coefficient (Wildman–Crippen LogP) is -0.0749. The topological polar surface area (TPSA) is 89.5 Å². The molecule has 0 spiro atoms. The molecule has 0 bridgehead atoms. The largest absolute Gasteiger partial charge is 0.392 e. The molecule has 2 N–H and O–H groups in total. The Bertz CT molecular complexity index is 569. The van der Waals surface area contributed by atoms with Crippen LogP contribution in [-0.2, 0) is 16.6 Å².